The number of carbonyl (C=O) groups excluding carboxylic acids is 1. The fourth-order valence-corrected chi connectivity index (χ4v) is 2.01. The van der Waals surface area contributed by atoms with Crippen molar-refractivity contribution < 1.29 is 14.3 Å². The fraction of sp³-hybridized carbons (Fsp3) is 0.231. The van der Waals surface area contributed by atoms with Gasteiger partial charge >= 0.3 is 0 Å². The minimum Gasteiger partial charge on any atom is -0.469 e. The molecular weight excluding hydrogens is 264 g/mol. The van der Waals surface area contributed by atoms with Crippen molar-refractivity contribution in [3.63, 3.8) is 0 Å². The molecule has 0 fully saturated rings. The van der Waals surface area contributed by atoms with Crippen molar-refractivity contribution in [2.24, 2.45) is 0 Å². The van der Waals surface area contributed by atoms with E-state index < -0.39 is 0 Å². The van der Waals surface area contributed by atoms with Gasteiger partial charge in [-0.2, -0.15) is 0 Å². The average molecular weight is 276 g/mol. The number of aromatic nitrogens is 1. The number of aryl methyl sites for hydroxylation is 1. The van der Waals surface area contributed by atoms with Crippen molar-refractivity contribution in [3.05, 3.63) is 34.7 Å². The molecule has 2 heterocycles. The number of furan rings is 1. The van der Waals surface area contributed by atoms with Gasteiger partial charge in [-0.1, -0.05) is 23.2 Å². The molecule has 0 aromatic carbocycles. The molecule has 2 rings (SSSR count). The minimum absolute atomic E-state index is 0.0369. The maximum absolute atomic E-state index is 11.8. The molecule has 2 N–H and O–H groups in total. The van der Waals surface area contributed by atoms with Crippen LogP contribution in [0.1, 0.15) is 27.4 Å². The van der Waals surface area contributed by atoms with Crippen molar-refractivity contribution in [3.8, 4) is 11.8 Å². The largest absolute Gasteiger partial charge is 0.469 e. The van der Waals surface area contributed by atoms with E-state index in [1.165, 1.54) is 17.6 Å². The zero-order valence-corrected chi connectivity index (χ0v) is 11.1. The summed E-state index contributed by atoms with van der Waals surface area (Å²) >= 11 is 1.28. The van der Waals surface area contributed by atoms with Gasteiger partial charge < -0.3 is 9.52 Å². The second-order valence-electron chi connectivity index (χ2n) is 3.71. The molecule has 0 aliphatic carbocycles. The summed E-state index contributed by atoms with van der Waals surface area (Å²) in [6.45, 7) is 1.81. The number of hydrogen-bond acceptors (Lipinski definition) is 5. The number of nitrogens with one attached hydrogen (secondary N) is 1. The van der Waals surface area contributed by atoms with E-state index in [0.717, 1.165) is 4.88 Å². The predicted octanol–water partition coefficient (Wildman–Crippen LogP) is 2.03. The third-order valence-corrected chi connectivity index (χ3v) is 3.00. The first-order valence-corrected chi connectivity index (χ1v) is 6.42. The third-order valence-electron chi connectivity index (χ3n) is 2.17. The summed E-state index contributed by atoms with van der Waals surface area (Å²) < 4.78 is 5.07. The molecule has 98 valence electrons. The Labute approximate surface area is 114 Å². The smallest absolute Gasteiger partial charge is 0.260 e. The van der Waals surface area contributed by atoms with Gasteiger partial charge in [0.25, 0.3) is 5.91 Å². The Kier molecular flexibility index (Phi) is 4.34. The molecule has 0 bridgehead atoms. The number of carbonyl (C=O) groups is 1. The van der Waals surface area contributed by atoms with Crippen LogP contribution in [0.4, 0.5) is 5.13 Å². The molecule has 19 heavy (non-hydrogen) atoms. The summed E-state index contributed by atoms with van der Waals surface area (Å²) in [4.78, 5) is 16.6. The van der Waals surface area contributed by atoms with Gasteiger partial charge in [0.2, 0.25) is 0 Å². The maximum atomic E-state index is 11.8. The number of anilines is 1. The fourth-order valence-electron chi connectivity index (χ4n) is 1.33. The highest BCUT2D eigenvalue weighted by Crippen LogP contribution is 2.18. The average Bonchev–Trinajstić information content (AvgIpc) is 2.99. The molecule has 5 nitrogen and oxygen atoms in total. The highest BCUT2D eigenvalue weighted by Gasteiger charge is 2.10. The van der Waals surface area contributed by atoms with Crippen LogP contribution in [0.3, 0.4) is 0 Å². The Hall–Kier alpha value is -2.10. The highest BCUT2D eigenvalue weighted by atomic mass is 32.1. The molecule has 0 aliphatic rings. The van der Waals surface area contributed by atoms with E-state index in [1.807, 2.05) is 0 Å². The summed E-state index contributed by atoms with van der Waals surface area (Å²) in [7, 11) is 0. The minimum atomic E-state index is -0.263. The molecule has 0 saturated heterocycles. The molecule has 0 unspecified atom stereocenters. The van der Waals surface area contributed by atoms with Gasteiger partial charge in [-0.25, -0.2) is 4.98 Å². The monoisotopic (exact) mass is 276 g/mol. The molecule has 1 amide bonds. The van der Waals surface area contributed by atoms with E-state index >= 15 is 0 Å². The number of hydrogen-bond donors (Lipinski definition) is 2. The van der Waals surface area contributed by atoms with Crippen molar-refractivity contribution in [2.45, 2.75) is 13.3 Å². The Morgan fingerprint density at radius 1 is 1.63 bits per heavy atom. The first-order valence-electron chi connectivity index (χ1n) is 5.61. The topological polar surface area (TPSA) is 75.4 Å². The second-order valence-corrected chi connectivity index (χ2v) is 4.74. The van der Waals surface area contributed by atoms with Crippen LogP contribution < -0.4 is 5.32 Å². The van der Waals surface area contributed by atoms with E-state index in [1.54, 1.807) is 19.2 Å². The van der Waals surface area contributed by atoms with E-state index in [2.05, 4.69) is 22.1 Å². The Morgan fingerprint density at radius 2 is 2.47 bits per heavy atom. The van der Waals surface area contributed by atoms with Crippen molar-refractivity contribution >= 4 is 22.4 Å². The predicted molar refractivity (Wildman–Crippen MR) is 72.1 cm³/mol. The summed E-state index contributed by atoms with van der Waals surface area (Å²) in [5, 5.41) is 11.8. The molecule has 6 heteroatoms. The van der Waals surface area contributed by atoms with Gasteiger partial charge in [0.1, 0.15) is 12.0 Å². The van der Waals surface area contributed by atoms with E-state index in [9.17, 15) is 4.79 Å². The van der Waals surface area contributed by atoms with Gasteiger partial charge in [0, 0.05) is 6.42 Å². The standard InChI is InChI=1S/C13H12N2O3S/c1-9-6-10(8-18-9)12(17)15-13-14-7-11(19-13)4-2-3-5-16/h6-8,16H,3,5H2,1H3,(H,14,15,17). The highest BCUT2D eigenvalue weighted by molar-refractivity contribution is 7.16. The Balaban J connectivity index is 2.00. The SMILES string of the molecule is Cc1cc(C(=O)Nc2ncc(C#CCCO)s2)co1. The Morgan fingerprint density at radius 3 is 3.16 bits per heavy atom. The number of amides is 1. The molecule has 0 atom stereocenters. The quantitative estimate of drug-likeness (QED) is 0.841. The van der Waals surface area contributed by atoms with Crippen LogP contribution in [0.25, 0.3) is 0 Å². The van der Waals surface area contributed by atoms with Gasteiger partial charge in [0.15, 0.2) is 5.13 Å². The Bertz CT molecular complexity index is 634. The zero-order valence-electron chi connectivity index (χ0n) is 10.3. The summed E-state index contributed by atoms with van der Waals surface area (Å²) in [5.41, 5.74) is 0.459. The van der Waals surface area contributed by atoms with Gasteiger partial charge in [-0.15, -0.1) is 0 Å². The molecule has 2 aromatic heterocycles. The van der Waals surface area contributed by atoms with Crippen LogP contribution in [-0.4, -0.2) is 22.6 Å². The summed E-state index contributed by atoms with van der Waals surface area (Å²) in [5.74, 6) is 6.07. The molecule has 0 aliphatic heterocycles. The number of aliphatic hydroxyl groups is 1. The van der Waals surface area contributed by atoms with Gasteiger partial charge in [0.05, 0.1) is 23.2 Å². The first kappa shape index (κ1) is 13.3. The lowest BCUT2D eigenvalue weighted by atomic mass is 10.3. The van der Waals surface area contributed by atoms with E-state index in [-0.39, 0.29) is 12.5 Å². The lowest BCUT2D eigenvalue weighted by Gasteiger charge is -1.96. The van der Waals surface area contributed by atoms with Crippen LogP contribution in [0.5, 0.6) is 0 Å². The summed E-state index contributed by atoms with van der Waals surface area (Å²) in [6, 6.07) is 1.66. The molecule has 0 radical (unpaired) electrons. The van der Waals surface area contributed by atoms with Crippen LogP contribution in [-0.2, 0) is 0 Å². The van der Waals surface area contributed by atoms with Crippen LogP contribution in [0.15, 0.2) is 22.9 Å². The van der Waals surface area contributed by atoms with Crippen LogP contribution in [0, 0.1) is 18.8 Å². The number of thiazole rings is 1. The molecule has 0 saturated carbocycles. The van der Waals surface area contributed by atoms with Gasteiger partial charge in [-0.05, 0) is 13.0 Å². The third kappa shape index (κ3) is 3.68. The lowest BCUT2D eigenvalue weighted by Crippen LogP contribution is -2.10. The first-order chi connectivity index (χ1) is 9.19. The normalized spacial score (nSPS) is 9.79. The summed E-state index contributed by atoms with van der Waals surface area (Å²) in [6.07, 6.45) is 3.42. The number of rotatable bonds is 3. The molecule has 0 spiro atoms. The number of nitrogens with zero attached hydrogens (tertiary/aromatic N) is 1. The van der Waals surface area contributed by atoms with Crippen molar-refractivity contribution in [1.82, 2.24) is 4.98 Å². The second kappa shape index (κ2) is 6.18. The molecular formula is C13H12N2O3S. The molecule has 2 aromatic rings. The van der Waals surface area contributed by atoms with Crippen LogP contribution in [0.2, 0.25) is 0 Å². The van der Waals surface area contributed by atoms with Gasteiger partial charge in [-0.3, -0.25) is 10.1 Å². The van der Waals surface area contributed by atoms with Crippen molar-refractivity contribution in [1.29, 1.82) is 0 Å². The van der Waals surface area contributed by atoms with E-state index in [0.29, 0.717) is 22.9 Å². The maximum Gasteiger partial charge on any atom is 0.260 e. The zero-order chi connectivity index (χ0) is 13.7. The lowest BCUT2D eigenvalue weighted by molar-refractivity contribution is 0.102. The van der Waals surface area contributed by atoms with E-state index in [4.69, 9.17) is 9.52 Å². The van der Waals surface area contributed by atoms with Crippen LogP contribution >= 0.6 is 11.3 Å². The van der Waals surface area contributed by atoms with Crippen molar-refractivity contribution in [2.75, 3.05) is 11.9 Å². The number of aliphatic hydroxyl groups excluding tert-OH is 1.